The first-order valence-electron chi connectivity index (χ1n) is 6.87. The average Bonchev–Trinajstić information content (AvgIpc) is 3.13. The van der Waals surface area contributed by atoms with Crippen LogP contribution in [0.5, 0.6) is 0 Å². The van der Waals surface area contributed by atoms with Crippen LogP contribution in [-0.4, -0.2) is 26.8 Å². The van der Waals surface area contributed by atoms with Crippen molar-refractivity contribution in [2.75, 3.05) is 5.75 Å². The van der Waals surface area contributed by atoms with E-state index in [4.69, 9.17) is 0 Å². The summed E-state index contributed by atoms with van der Waals surface area (Å²) in [5.41, 5.74) is 6.34. The number of benzene rings is 1. The number of H-pyrrole nitrogens is 1. The molecule has 5 nitrogen and oxygen atoms in total. The molecule has 2 heterocycles. The second kappa shape index (κ2) is 6.50. The van der Waals surface area contributed by atoms with Crippen molar-refractivity contribution in [2.24, 2.45) is 0 Å². The standard InChI is InChI=1S/C15H16N4OS2/c1-9-10(2)18-13-4-3-11(5-12(9)13)6-16-14(20)7-21-15-19-17-8-22-15/h3-5,8,18H,6-7H2,1-2H3,(H,16,20). The zero-order valence-electron chi connectivity index (χ0n) is 12.3. The number of thioether (sulfide) groups is 1. The van der Waals surface area contributed by atoms with Crippen LogP contribution in [0.25, 0.3) is 10.9 Å². The van der Waals surface area contributed by atoms with E-state index in [-0.39, 0.29) is 5.91 Å². The van der Waals surface area contributed by atoms with E-state index < -0.39 is 0 Å². The van der Waals surface area contributed by atoms with Gasteiger partial charge in [0.05, 0.1) is 5.75 Å². The van der Waals surface area contributed by atoms with Crippen LogP contribution in [0.1, 0.15) is 16.8 Å². The molecule has 2 aromatic heterocycles. The molecule has 0 aliphatic heterocycles. The van der Waals surface area contributed by atoms with Gasteiger partial charge in [-0.15, -0.1) is 10.2 Å². The number of carbonyl (C=O) groups is 1. The summed E-state index contributed by atoms with van der Waals surface area (Å²) in [6, 6.07) is 6.23. The van der Waals surface area contributed by atoms with Crippen LogP contribution >= 0.6 is 23.1 Å². The van der Waals surface area contributed by atoms with E-state index in [1.54, 1.807) is 5.51 Å². The zero-order valence-corrected chi connectivity index (χ0v) is 14.0. The Morgan fingerprint density at radius 1 is 1.41 bits per heavy atom. The molecule has 3 aromatic rings. The van der Waals surface area contributed by atoms with E-state index in [1.807, 2.05) is 6.07 Å². The highest BCUT2D eigenvalue weighted by Crippen LogP contribution is 2.22. The van der Waals surface area contributed by atoms with Crippen LogP contribution in [0.15, 0.2) is 28.0 Å². The lowest BCUT2D eigenvalue weighted by Gasteiger charge is -2.05. The maximum absolute atomic E-state index is 11.9. The van der Waals surface area contributed by atoms with Crippen LogP contribution in [0.2, 0.25) is 0 Å². The number of carbonyl (C=O) groups excluding carboxylic acids is 1. The minimum Gasteiger partial charge on any atom is -0.358 e. The number of hydrogen-bond donors (Lipinski definition) is 2. The number of rotatable bonds is 5. The fourth-order valence-corrected chi connectivity index (χ4v) is 3.54. The molecule has 114 valence electrons. The molecule has 0 atom stereocenters. The molecule has 1 amide bonds. The average molecular weight is 332 g/mol. The molecule has 0 radical (unpaired) electrons. The van der Waals surface area contributed by atoms with Crippen LogP contribution in [0, 0.1) is 13.8 Å². The predicted molar refractivity (Wildman–Crippen MR) is 90.3 cm³/mol. The fourth-order valence-electron chi connectivity index (χ4n) is 2.22. The molecule has 1 aromatic carbocycles. The van der Waals surface area contributed by atoms with Crippen molar-refractivity contribution in [3.05, 3.63) is 40.5 Å². The van der Waals surface area contributed by atoms with Crippen molar-refractivity contribution in [3.63, 3.8) is 0 Å². The molecule has 0 fully saturated rings. The third-order valence-corrected chi connectivity index (χ3v) is 5.39. The molecule has 3 rings (SSSR count). The third kappa shape index (κ3) is 3.31. The second-order valence-corrected chi connectivity index (χ2v) is 7.08. The second-order valence-electron chi connectivity index (χ2n) is 5.02. The van der Waals surface area contributed by atoms with Crippen molar-refractivity contribution >= 4 is 39.9 Å². The molecule has 0 aliphatic carbocycles. The minimum atomic E-state index is 0.00210. The highest BCUT2D eigenvalue weighted by atomic mass is 32.2. The monoisotopic (exact) mass is 332 g/mol. The largest absolute Gasteiger partial charge is 0.358 e. The van der Waals surface area contributed by atoms with Crippen molar-refractivity contribution in [2.45, 2.75) is 24.7 Å². The van der Waals surface area contributed by atoms with Gasteiger partial charge >= 0.3 is 0 Å². The fraction of sp³-hybridized carbons (Fsp3) is 0.267. The lowest BCUT2D eigenvalue weighted by Crippen LogP contribution is -2.24. The Hall–Kier alpha value is -1.86. The van der Waals surface area contributed by atoms with Gasteiger partial charge in [-0.2, -0.15) is 0 Å². The van der Waals surface area contributed by atoms with E-state index in [0.29, 0.717) is 12.3 Å². The lowest BCUT2D eigenvalue weighted by atomic mass is 10.1. The summed E-state index contributed by atoms with van der Waals surface area (Å²) in [4.78, 5) is 15.2. The van der Waals surface area contributed by atoms with Crippen molar-refractivity contribution in [3.8, 4) is 0 Å². The molecule has 2 N–H and O–H groups in total. The predicted octanol–water partition coefficient (Wildman–Crippen LogP) is 3.04. The number of hydrogen-bond acceptors (Lipinski definition) is 5. The highest BCUT2D eigenvalue weighted by Gasteiger charge is 2.07. The number of aromatic amines is 1. The molecule has 0 saturated carbocycles. The molecule has 0 aliphatic rings. The molecule has 0 unspecified atom stereocenters. The summed E-state index contributed by atoms with van der Waals surface area (Å²) in [6.45, 7) is 4.71. The van der Waals surface area contributed by atoms with E-state index in [1.165, 1.54) is 39.7 Å². The normalized spacial score (nSPS) is 11.0. The van der Waals surface area contributed by atoms with Crippen LogP contribution < -0.4 is 5.32 Å². The molecule has 22 heavy (non-hydrogen) atoms. The number of fused-ring (bicyclic) bond motifs is 1. The van der Waals surface area contributed by atoms with Crippen LogP contribution in [-0.2, 0) is 11.3 Å². The summed E-state index contributed by atoms with van der Waals surface area (Å²) in [5.74, 6) is 0.363. The quantitative estimate of drug-likeness (QED) is 0.705. The van der Waals surface area contributed by atoms with Crippen molar-refractivity contribution in [1.29, 1.82) is 0 Å². The van der Waals surface area contributed by atoms with Gasteiger partial charge in [0.15, 0.2) is 4.34 Å². The molecule has 0 spiro atoms. The molecule has 7 heteroatoms. The highest BCUT2D eigenvalue weighted by molar-refractivity contribution is 8.01. The maximum atomic E-state index is 11.9. The molecular weight excluding hydrogens is 316 g/mol. The smallest absolute Gasteiger partial charge is 0.230 e. The number of aromatic nitrogens is 3. The number of amides is 1. The van der Waals surface area contributed by atoms with Crippen LogP contribution in [0.4, 0.5) is 0 Å². The topological polar surface area (TPSA) is 70.7 Å². The Labute approximate surface area is 136 Å². The van der Waals surface area contributed by atoms with Gasteiger partial charge < -0.3 is 10.3 Å². The first-order chi connectivity index (χ1) is 10.6. The Morgan fingerprint density at radius 3 is 3.05 bits per heavy atom. The van der Waals surface area contributed by atoms with E-state index in [9.17, 15) is 4.79 Å². The van der Waals surface area contributed by atoms with Gasteiger partial charge in [0.2, 0.25) is 5.91 Å². The van der Waals surface area contributed by atoms with E-state index in [2.05, 4.69) is 46.5 Å². The summed E-state index contributed by atoms with van der Waals surface area (Å²) in [6.07, 6.45) is 0. The van der Waals surface area contributed by atoms with Gasteiger partial charge in [0.25, 0.3) is 0 Å². The van der Waals surface area contributed by atoms with E-state index in [0.717, 1.165) is 15.4 Å². The van der Waals surface area contributed by atoms with Gasteiger partial charge in [-0.3, -0.25) is 4.79 Å². The number of aryl methyl sites for hydroxylation is 2. The van der Waals surface area contributed by atoms with Gasteiger partial charge in [0.1, 0.15) is 5.51 Å². The molecule has 0 bridgehead atoms. The number of nitrogens with one attached hydrogen (secondary N) is 2. The summed E-state index contributed by atoms with van der Waals surface area (Å²) in [5, 5.41) is 11.8. The molecular formula is C15H16N4OS2. The SMILES string of the molecule is Cc1[nH]c2ccc(CNC(=O)CSc3nncs3)cc2c1C. The van der Waals surface area contributed by atoms with Crippen molar-refractivity contribution < 1.29 is 4.79 Å². The van der Waals surface area contributed by atoms with Gasteiger partial charge in [-0.1, -0.05) is 29.2 Å². The first-order valence-corrected chi connectivity index (χ1v) is 8.73. The maximum Gasteiger partial charge on any atom is 0.230 e. The summed E-state index contributed by atoms with van der Waals surface area (Å²) in [7, 11) is 0. The van der Waals surface area contributed by atoms with Crippen molar-refractivity contribution in [1.82, 2.24) is 20.5 Å². The Morgan fingerprint density at radius 2 is 2.27 bits per heavy atom. The minimum absolute atomic E-state index is 0.00210. The number of nitrogens with zero attached hydrogens (tertiary/aromatic N) is 2. The van der Waals surface area contributed by atoms with Gasteiger partial charge in [-0.05, 0) is 37.1 Å². The summed E-state index contributed by atoms with van der Waals surface area (Å²) < 4.78 is 0.815. The van der Waals surface area contributed by atoms with Gasteiger partial charge in [-0.25, -0.2) is 0 Å². The Bertz CT molecular complexity index is 795. The third-order valence-electron chi connectivity index (χ3n) is 3.53. The Kier molecular flexibility index (Phi) is 4.44. The summed E-state index contributed by atoms with van der Waals surface area (Å²) >= 11 is 2.85. The Balaban J connectivity index is 1.59. The van der Waals surface area contributed by atoms with Crippen LogP contribution in [0.3, 0.4) is 0 Å². The van der Waals surface area contributed by atoms with E-state index >= 15 is 0 Å². The first kappa shape index (κ1) is 15.1. The zero-order chi connectivity index (χ0) is 15.5. The lowest BCUT2D eigenvalue weighted by molar-refractivity contribution is -0.118. The van der Waals surface area contributed by atoms with Gasteiger partial charge in [0, 0.05) is 23.1 Å². The molecule has 0 saturated heterocycles.